The highest BCUT2D eigenvalue weighted by Crippen LogP contribution is 2.43. The maximum atomic E-state index is 13.4. The Morgan fingerprint density at radius 3 is 2.67 bits per heavy atom. The zero-order chi connectivity index (χ0) is 25.4. The Morgan fingerprint density at radius 1 is 1.08 bits per heavy atom. The first-order chi connectivity index (χ1) is 17.4. The molecule has 0 aliphatic carbocycles. The maximum absolute atomic E-state index is 13.4. The van der Waals surface area contributed by atoms with Crippen LogP contribution < -0.4 is 19.7 Å². The number of rotatable bonds is 7. The lowest BCUT2D eigenvalue weighted by atomic mass is 9.98. The largest absolute Gasteiger partial charge is 0.493 e. The van der Waals surface area contributed by atoms with E-state index >= 15 is 0 Å². The van der Waals surface area contributed by atoms with Crippen LogP contribution in [0.2, 0.25) is 0 Å². The number of carbonyl (C=O) groups is 3. The van der Waals surface area contributed by atoms with Crippen LogP contribution in [0.15, 0.2) is 54.7 Å². The van der Waals surface area contributed by atoms with Crippen molar-refractivity contribution in [3.8, 4) is 11.5 Å². The number of fused-ring (bicyclic) bond motifs is 3. The number of ether oxygens (including phenoxy) is 2. The zero-order valence-corrected chi connectivity index (χ0v) is 20.4. The summed E-state index contributed by atoms with van der Waals surface area (Å²) >= 11 is 0. The number of carbonyl (C=O) groups excluding carboxylic acids is 3. The number of aromatic nitrogens is 2. The number of anilines is 2. The van der Waals surface area contributed by atoms with Gasteiger partial charge in [-0.25, -0.2) is 4.68 Å². The summed E-state index contributed by atoms with van der Waals surface area (Å²) in [5, 5.41) is 7.20. The Bertz CT molecular complexity index is 1350. The highest BCUT2D eigenvalue weighted by atomic mass is 16.5. The van der Waals surface area contributed by atoms with Crippen LogP contribution >= 0.6 is 0 Å². The van der Waals surface area contributed by atoms with Crippen LogP contribution in [-0.2, 0) is 16.1 Å². The number of nitrogens with zero attached hydrogens (tertiary/aromatic N) is 4. The third kappa shape index (κ3) is 3.74. The fraction of sp³-hybridized carbons (Fsp3) is 0.308. The average Bonchev–Trinajstić information content (AvgIpc) is 3.44. The molecule has 1 saturated heterocycles. The van der Waals surface area contributed by atoms with Crippen LogP contribution in [0.25, 0.3) is 0 Å². The predicted octanol–water partition coefficient (Wildman–Crippen LogP) is 2.89. The molecule has 186 valence electrons. The standard InChI is InChI=1S/C26H27N5O5/c1-26-13-11-23(33)31(26)19-9-5-4-8-18(19)25(34)29(26)16-22(32)28-21-12-14-27-30(21)15-17-7-6-10-20(35-2)24(17)36-3/h4-10,12,14H,11,13,15-16H2,1-3H3,(H,28,32). The summed E-state index contributed by atoms with van der Waals surface area (Å²) in [7, 11) is 3.14. The van der Waals surface area contributed by atoms with E-state index in [1.807, 2.05) is 19.1 Å². The molecular formula is C26H27N5O5. The minimum atomic E-state index is -0.909. The zero-order valence-electron chi connectivity index (χ0n) is 20.4. The van der Waals surface area contributed by atoms with Gasteiger partial charge in [0, 0.05) is 18.1 Å². The van der Waals surface area contributed by atoms with Gasteiger partial charge in [-0.1, -0.05) is 24.3 Å². The SMILES string of the molecule is COc1cccc(Cn2nccc2NC(=O)CN2C(=O)c3ccccc3N3C(=O)CCC23C)c1OC. The molecule has 5 rings (SSSR count). The summed E-state index contributed by atoms with van der Waals surface area (Å²) in [6.07, 6.45) is 2.35. The lowest BCUT2D eigenvalue weighted by Gasteiger charge is -2.48. The number of benzene rings is 2. The summed E-state index contributed by atoms with van der Waals surface area (Å²) in [5.74, 6) is 0.934. The van der Waals surface area contributed by atoms with Gasteiger partial charge in [0.1, 0.15) is 18.0 Å². The molecule has 1 unspecified atom stereocenters. The maximum Gasteiger partial charge on any atom is 0.258 e. The molecule has 1 N–H and O–H groups in total. The summed E-state index contributed by atoms with van der Waals surface area (Å²) in [5.41, 5.74) is 0.919. The van der Waals surface area contributed by atoms with Gasteiger partial charge in [0.05, 0.1) is 38.2 Å². The van der Waals surface area contributed by atoms with Crippen LogP contribution in [0, 0.1) is 0 Å². The molecule has 1 fully saturated rings. The van der Waals surface area contributed by atoms with Crippen LogP contribution in [-0.4, -0.2) is 58.8 Å². The van der Waals surface area contributed by atoms with E-state index in [1.165, 1.54) is 4.90 Å². The van der Waals surface area contributed by atoms with Crippen LogP contribution in [0.1, 0.15) is 35.7 Å². The highest BCUT2D eigenvalue weighted by molar-refractivity contribution is 6.11. The van der Waals surface area contributed by atoms with E-state index in [-0.39, 0.29) is 24.3 Å². The molecule has 3 heterocycles. The molecule has 0 bridgehead atoms. The van der Waals surface area contributed by atoms with Crippen LogP contribution in [0.3, 0.4) is 0 Å². The molecular weight excluding hydrogens is 462 g/mol. The van der Waals surface area contributed by atoms with E-state index in [2.05, 4.69) is 10.4 Å². The third-order valence-corrected chi connectivity index (χ3v) is 6.84. The van der Waals surface area contributed by atoms with Crippen molar-refractivity contribution in [1.82, 2.24) is 14.7 Å². The first-order valence-electron chi connectivity index (χ1n) is 11.6. The van der Waals surface area contributed by atoms with Crippen molar-refractivity contribution in [2.24, 2.45) is 0 Å². The number of amides is 3. The van der Waals surface area contributed by atoms with Crippen molar-refractivity contribution in [2.45, 2.75) is 32.0 Å². The number of hydrogen-bond acceptors (Lipinski definition) is 6. The topological polar surface area (TPSA) is 106 Å². The van der Waals surface area contributed by atoms with Crippen molar-refractivity contribution in [2.75, 3.05) is 31.0 Å². The van der Waals surface area contributed by atoms with Crippen molar-refractivity contribution in [1.29, 1.82) is 0 Å². The first kappa shape index (κ1) is 23.4. The third-order valence-electron chi connectivity index (χ3n) is 6.84. The molecule has 10 nitrogen and oxygen atoms in total. The van der Waals surface area contributed by atoms with Crippen molar-refractivity contribution in [3.05, 3.63) is 65.9 Å². The smallest absolute Gasteiger partial charge is 0.258 e. The molecule has 1 atom stereocenters. The molecule has 3 amide bonds. The molecule has 2 aliphatic heterocycles. The average molecular weight is 490 g/mol. The number of nitrogens with one attached hydrogen (secondary N) is 1. The minimum absolute atomic E-state index is 0.0619. The molecule has 10 heteroatoms. The van der Waals surface area contributed by atoms with Gasteiger partial charge in [-0.15, -0.1) is 0 Å². The van der Waals surface area contributed by atoms with Gasteiger partial charge in [0.15, 0.2) is 11.5 Å². The highest BCUT2D eigenvalue weighted by Gasteiger charge is 2.53. The molecule has 36 heavy (non-hydrogen) atoms. The van der Waals surface area contributed by atoms with Crippen LogP contribution in [0.5, 0.6) is 11.5 Å². The molecule has 0 radical (unpaired) electrons. The normalized spacial score (nSPS) is 18.6. The molecule has 1 aromatic heterocycles. The molecule has 0 spiro atoms. The summed E-state index contributed by atoms with van der Waals surface area (Å²) < 4.78 is 12.5. The fourth-order valence-corrected chi connectivity index (χ4v) is 5.07. The molecule has 2 aromatic carbocycles. The van der Waals surface area contributed by atoms with Gasteiger partial charge in [-0.3, -0.25) is 19.3 Å². The van der Waals surface area contributed by atoms with Crippen molar-refractivity contribution < 1.29 is 23.9 Å². The molecule has 0 saturated carbocycles. The van der Waals surface area contributed by atoms with Crippen molar-refractivity contribution in [3.63, 3.8) is 0 Å². The monoisotopic (exact) mass is 489 g/mol. The Morgan fingerprint density at radius 2 is 1.89 bits per heavy atom. The van der Waals surface area contributed by atoms with E-state index in [0.717, 1.165) is 5.56 Å². The Hall–Kier alpha value is -4.34. The van der Waals surface area contributed by atoms with Gasteiger partial charge in [-0.2, -0.15) is 5.10 Å². The predicted molar refractivity (Wildman–Crippen MR) is 132 cm³/mol. The fourth-order valence-electron chi connectivity index (χ4n) is 5.07. The Balaban J connectivity index is 1.37. The first-order valence-corrected chi connectivity index (χ1v) is 11.6. The van der Waals surface area contributed by atoms with E-state index in [4.69, 9.17) is 9.47 Å². The van der Waals surface area contributed by atoms with Crippen LogP contribution in [0.4, 0.5) is 11.5 Å². The second-order valence-corrected chi connectivity index (χ2v) is 8.93. The second-order valence-electron chi connectivity index (χ2n) is 8.93. The van der Waals surface area contributed by atoms with E-state index in [1.54, 1.807) is 66.4 Å². The van der Waals surface area contributed by atoms with Gasteiger partial charge in [0.25, 0.3) is 5.91 Å². The van der Waals surface area contributed by atoms with Gasteiger partial charge < -0.3 is 19.7 Å². The number of methoxy groups -OCH3 is 2. The lowest BCUT2D eigenvalue weighted by Crippen LogP contribution is -2.63. The van der Waals surface area contributed by atoms with E-state index < -0.39 is 5.66 Å². The molecule has 2 aliphatic rings. The Kier molecular flexibility index (Phi) is 5.87. The quantitative estimate of drug-likeness (QED) is 0.547. The summed E-state index contributed by atoms with van der Waals surface area (Å²) in [6.45, 7) is 1.96. The summed E-state index contributed by atoms with van der Waals surface area (Å²) in [6, 6.07) is 14.3. The Labute approximate surface area is 208 Å². The minimum Gasteiger partial charge on any atom is -0.493 e. The van der Waals surface area contributed by atoms with E-state index in [0.29, 0.717) is 48.0 Å². The van der Waals surface area contributed by atoms with Gasteiger partial charge >= 0.3 is 0 Å². The summed E-state index contributed by atoms with van der Waals surface area (Å²) in [4.78, 5) is 42.5. The lowest BCUT2D eigenvalue weighted by molar-refractivity contribution is -0.120. The second kappa shape index (κ2) is 9.03. The molecule has 3 aromatic rings. The van der Waals surface area contributed by atoms with Crippen molar-refractivity contribution >= 4 is 29.2 Å². The van der Waals surface area contributed by atoms with Gasteiger partial charge in [0.2, 0.25) is 11.8 Å². The van der Waals surface area contributed by atoms with E-state index in [9.17, 15) is 14.4 Å². The van der Waals surface area contributed by atoms with Gasteiger partial charge in [-0.05, 0) is 31.5 Å². The number of para-hydroxylation sites is 2. The number of hydrogen-bond donors (Lipinski definition) is 1.